The minimum atomic E-state index is 0.0703. The quantitative estimate of drug-likeness (QED) is 0.538. The molecule has 0 aromatic heterocycles. The fraction of sp³-hybridized carbons (Fsp3) is 0.278. The highest BCUT2D eigenvalue weighted by atomic mass is 35.5. The van der Waals surface area contributed by atoms with Crippen LogP contribution >= 0.6 is 35.1 Å². The molecule has 0 fully saturated rings. The average Bonchev–Trinajstić information content (AvgIpc) is 2.56. The van der Waals surface area contributed by atoms with E-state index in [0.29, 0.717) is 17.3 Å². The van der Waals surface area contributed by atoms with Crippen LogP contribution in [-0.4, -0.2) is 24.0 Å². The predicted molar refractivity (Wildman–Crippen MR) is 103 cm³/mol. The second-order valence-electron chi connectivity index (χ2n) is 5.13. The first-order chi connectivity index (χ1) is 11.1. The van der Waals surface area contributed by atoms with E-state index < -0.39 is 0 Å². The predicted octanol–water partition coefficient (Wildman–Crippen LogP) is 4.79. The van der Waals surface area contributed by atoms with E-state index in [1.54, 1.807) is 0 Å². The second-order valence-corrected chi connectivity index (χ2v) is 7.72. The summed E-state index contributed by atoms with van der Waals surface area (Å²) in [6.45, 7) is 2.80. The molecule has 0 unspecified atom stereocenters. The third kappa shape index (κ3) is 7.34. The summed E-state index contributed by atoms with van der Waals surface area (Å²) in [7, 11) is 0. The summed E-state index contributed by atoms with van der Waals surface area (Å²) >= 11 is 9.19. The Labute approximate surface area is 151 Å². The number of hydrogen-bond donors (Lipinski definition) is 1. The average molecular weight is 366 g/mol. The van der Waals surface area contributed by atoms with Gasteiger partial charge < -0.3 is 5.32 Å². The second kappa shape index (κ2) is 9.91. The van der Waals surface area contributed by atoms with E-state index in [9.17, 15) is 4.79 Å². The summed E-state index contributed by atoms with van der Waals surface area (Å²) in [6, 6.07) is 16.1. The van der Waals surface area contributed by atoms with Gasteiger partial charge in [0, 0.05) is 28.0 Å². The lowest BCUT2D eigenvalue weighted by Crippen LogP contribution is -2.27. The van der Waals surface area contributed by atoms with E-state index in [1.807, 2.05) is 36.0 Å². The maximum absolute atomic E-state index is 11.8. The standard InChI is InChI=1S/C18H20ClNOS2/c1-14-2-4-15(5-3-14)12-22-11-10-20-18(21)13-23-17-8-6-16(19)7-9-17/h2-9H,10-13H2,1H3,(H,20,21). The summed E-state index contributed by atoms with van der Waals surface area (Å²) in [5.41, 5.74) is 2.61. The fourth-order valence-corrected chi connectivity index (χ4v) is 3.54. The van der Waals surface area contributed by atoms with E-state index in [2.05, 4.69) is 36.5 Å². The number of amides is 1. The van der Waals surface area contributed by atoms with Crippen molar-refractivity contribution in [2.24, 2.45) is 0 Å². The van der Waals surface area contributed by atoms with Gasteiger partial charge in [-0.3, -0.25) is 4.79 Å². The summed E-state index contributed by atoms with van der Waals surface area (Å²) in [5.74, 6) is 2.41. The van der Waals surface area contributed by atoms with Gasteiger partial charge in [-0.25, -0.2) is 0 Å². The van der Waals surface area contributed by atoms with Crippen molar-refractivity contribution in [3.63, 3.8) is 0 Å². The number of hydrogen-bond acceptors (Lipinski definition) is 3. The van der Waals surface area contributed by atoms with Crippen molar-refractivity contribution in [2.45, 2.75) is 17.6 Å². The molecule has 0 heterocycles. The topological polar surface area (TPSA) is 29.1 Å². The molecule has 0 aliphatic heterocycles. The zero-order chi connectivity index (χ0) is 16.5. The van der Waals surface area contributed by atoms with Crippen LogP contribution in [0, 0.1) is 6.92 Å². The van der Waals surface area contributed by atoms with Gasteiger partial charge in [0.2, 0.25) is 5.91 Å². The lowest BCUT2D eigenvalue weighted by atomic mass is 10.2. The van der Waals surface area contributed by atoms with E-state index in [1.165, 1.54) is 22.9 Å². The number of rotatable bonds is 8. The molecule has 23 heavy (non-hydrogen) atoms. The Morgan fingerprint density at radius 1 is 1.09 bits per heavy atom. The molecule has 0 aliphatic carbocycles. The Morgan fingerprint density at radius 2 is 1.78 bits per heavy atom. The molecule has 2 rings (SSSR count). The van der Waals surface area contributed by atoms with Crippen LogP contribution in [0.25, 0.3) is 0 Å². The normalized spacial score (nSPS) is 10.5. The van der Waals surface area contributed by atoms with Crippen LogP contribution in [0.4, 0.5) is 0 Å². The molecule has 1 amide bonds. The molecule has 0 radical (unpaired) electrons. The van der Waals surface area contributed by atoms with Gasteiger partial charge >= 0.3 is 0 Å². The third-order valence-corrected chi connectivity index (χ3v) is 5.44. The van der Waals surface area contributed by atoms with Crippen LogP contribution in [0.2, 0.25) is 5.02 Å². The summed E-state index contributed by atoms with van der Waals surface area (Å²) in [4.78, 5) is 12.8. The van der Waals surface area contributed by atoms with Crippen molar-refractivity contribution >= 4 is 41.0 Å². The number of aryl methyl sites for hydroxylation is 1. The molecule has 0 aliphatic rings. The molecule has 5 heteroatoms. The Balaban J connectivity index is 1.56. The van der Waals surface area contributed by atoms with Crippen LogP contribution < -0.4 is 5.32 Å². The number of halogens is 1. The Kier molecular flexibility index (Phi) is 7.86. The van der Waals surface area contributed by atoms with Gasteiger partial charge in [-0.15, -0.1) is 11.8 Å². The van der Waals surface area contributed by atoms with Crippen molar-refractivity contribution in [3.8, 4) is 0 Å². The SMILES string of the molecule is Cc1ccc(CSCCNC(=O)CSc2ccc(Cl)cc2)cc1. The van der Waals surface area contributed by atoms with E-state index in [-0.39, 0.29) is 5.91 Å². The van der Waals surface area contributed by atoms with Crippen molar-refractivity contribution in [2.75, 3.05) is 18.1 Å². The zero-order valence-corrected chi connectivity index (χ0v) is 15.4. The van der Waals surface area contributed by atoms with E-state index in [4.69, 9.17) is 11.6 Å². The van der Waals surface area contributed by atoms with Crippen molar-refractivity contribution in [1.29, 1.82) is 0 Å². The molecule has 1 N–H and O–H groups in total. The largest absolute Gasteiger partial charge is 0.355 e. The van der Waals surface area contributed by atoms with E-state index >= 15 is 0 Å². The summed E-state index contributed by atoms with van der Waals surface area (Å²) in [5, 5.41) is 3.67. The first kappa shape index (κ1) is 18.2. The minimum Gasteiger partial charge on any atom is -0.355 e. The molecule has 0 bridgehead atoms. The molecular formula is C18H20ClNOS2. The number of nitrogens with one attached hydrogen (secondary N) is 1. The molecule has 2 aromatic rings. The minimum absolute atomic E-state index is 0.0703. The van der Waals surface area contributed by atoms with Gasteiger partial charge in [-0.1, -0.05) is 41.4 Å². The lowest BCUT2D eigenvalue weighted by molar-refractivity contribution is -0.118. The van der Waals surface area contributed by atoms with Gasteiger partial charge in [-0.05, 0) is 36.8 Å². The molecule has 2 nitrogen and oxygen atoms in total. The number of carbonyl (C=O) groups excluding carboxylic acids is 1. The van der Waals surface area contributed by atoms with Crippen LogP contribution in [0.1, 0.15) is 11.1 Å². The highest BCUT2D eigenvalue weighted by Crippen LogP contribution is 2.20. The third-order valence-electron chi connectivity index (χ3n) is 3.14. The molecule has 0 saturated carbocycles. The van der Waals surface area contributed by atoms with Gasteiger partial charge in [0.15, 0.2) is 0 Å². The Bertz CT molecular complexity index is 614. The summed E-state index contributed by atoms with van der Waals surface area (Å²) in [6.07, 6.45) is 0. The number of thioether (sulfide) groups is 2. The number of benzene rings is 2. The molecule has 0 saturated heterocycles. The first-order valence-electron chi connectivity index (χ1n) is 7.42. The summed E-state index contributed by atoms with van der Waals surface area (Å²) < 4.78 is 0. The first-order valence-corrected chi connectivity index (χ1v) is 9.93. The molecule has 0 spiro atoms. The van der Waals surface area contributed by atoms with Crippen LogP contribution in [0.15, 0.2) is 53.4 Å². The van der Waals surface area contributed by atoms with Crippen molar-refractivity contribution < 1.29 is 4.79 Å². The highest BCUT2D eigenvalue weighted by molar-refractivity contribution is 8.00. The van der Waals surface area contributed by atoms with Crippen molar-refractivity contribution in [1.82, 2.24) is 5.32 Å². The van der Waals surface area contributed by atoms with Gasteiger partial charge in [0.05, 0.1) is 5.75 Å². The zero-order valence-electron chi connectivity index (χ0n) is 13.0. The smallest absolute Gasteiger partial charge is 0.230 e. The highest BCUT2D eigenvalue weighted by Gasteiger charge is 2.02. The Hall–Kier alpha value is -1.10. The molecule has 0 atom stereocenters. The molecular weight excluding hydrogens is 346 g/mol. The van der Waals surface area contributed by atoms with Gasteiger partial charge in [-0.2, -0.15) is 11.8 Å². The molecule has 2 aromatic carbocycles. The fourth-order valence-electron chi connectivity index (χ4n) is 1.87. The number of carbonyl (C=O) groups is 1. The van der Waals surface area contributed by atoms with Gasteiger partial charge in [0.1, 0.15) is 0 Å². The van der Waals surface area contributed by atoms with Crippen molar-refractivity contribution in [3.05, 3.63) is 64.7 Å². The van der Waals surface area contributed by atoms with Gasteiger partial charge in [0.25, 0.3) is 0 Å². The molecule has 122 valence electrons. The Morgan fingerprint density at radius 3 is 2.48 bits per heavy atom. The van der Waals surface area contributed by atoms with Crippen LogP contribution in [0.5, 0.6) is 0 Å². The maximum atomic E-state index is 11.8. The maximum Gasteiger partial charge on any atom is 0.230 e. The van der Waals surface area contributed by atoms with Crippen LogP contribution in [-0.2, 0) is 10.5 Å². The van der Waals surface area contributed by atoms with E-state index in [0.717, 1.165) is 16.4 Å². The lowest BCUT2D eigenvalue weighted by Gasteiger charge is -2.06. The van der Waals surface area contributed by atoms with Crippen LogP contribution in [0.3, 0.4) is 0 Å². The monoisotopic (exact) mass is 365 g/mol.